The summed E-state index contributed by atoms with van der Waals surface area (Å²) in [4.78, 5) is 0. The molecule has 1 heterocycles. The van der Waals surface area contributed by atoms with Crippen LogP contribution in [0.4, 0.5) is 0 Å². The maximum atomic E-state index is 4.49. The summed E-state index contributed by atoms with van der Waals surface area (Å²) < 4.78 is 3.22. The van der Waals surface area contributed by atoms with Crippen molar-refractivity contribution in [3.63, 3.8) is 0 Å². The van der Waals surface area contributed by atoms with Gasteiger partial charge in [-0.3, -0.25) is 4.68 Å². The summed E-state index contributed by atoms with van der Waals surface area (Å²) in [5, 5.41) is 8.09. The number of hydrogen-bond acceptors (Lipinski definition) is 2. The fourth-order valence-corrected chi connectivity index (χ4v) is 2.50. The Morgan fingerprint density at radius 2 is 2.19 bits per heavy atom. The molecule has 1 saturated carbocycles. The molecule has 0 aromatic carbocycles. The standard InChI is InChI=1S/C12H20BrN3/c1-5-16-9(11(13)8(2)15-16)7-14-10-6-12(10,3)4/h10,14H,5-7H2,1-4H3. The van der Waals surface area contributed by atoms with E-state index < -0.39 is 0 Å². The van der Waals surface area contributed by atoms with Crippen LogP contribution in [0.5, 0.6) is 0 Å². The molecular weight excluding hydrogens is 266 g/mol. The van der Waals surface area contributed by atoms with Crippen LogP contribution in [0.15, 0.2) is 4.47 Å². The average Bonchev–Trinajstić information content (AvgIpc) is 2.73. The zero-order valence-electron chi connectivity index (χ0n) is 10.5. The molecule has 0 amide bonds. The molecule has 1 aliphatic rings. The van der Waals surface area contributed by atoms with Crippen molar-refractivity contribution in [2.45, 2.75) is 53.2 Å². The van der Waals surface area contributed by atoms with Crippen LogP contribution in [0.2, 0.25) is 0 Å². The summed E-state index contributed by atoms with van der Waals surface area (Å²) in [5.41, 5.74) is 2.83. The van der Waals surface area contributed by atoms with Gasteiger partial charge in [-0.05, 0) is 41.6 Å². The fraction of sp³-hybridized carbons (Fsp3) is 0.750. The molecule has 1 aromatic heterocycles. The zero-order valence-corrected chi connectivity index (χ0v) is 12.1. The van der Waals surface area contributed by atoms with Crippen LogP contribution in [-0.4, -0.2) is 15.8 Å². The second-order valence-corrected chi connectivity index (χ2v) is 6.08. The first-order chi connectivity index (χ1) is 7.45. The highest BCUT2D eigenvalue weighted by molar-refractivity contribution is 9.10. The molecule has 4 heteroatoms. The molecule has 0 aliphatic heterocycles. The molecule has 3 nitrogen and oxygen atoms in total. The van der Waals surface area contributed by atoms with Crippen LogP contribution in [0.1, 0.15) is 38.6 Å². The van der Waals surface area contributed by atoms with E-state index in [2.05, 4.69) is 51.8 Å². The van der Waals surface area contributed by atoms with Crippen molar-refractivity contribution in [2.75, 3.05) is 0 Å². The van der Waals surface area contributed by atoms with Gasteiger partial charge in [0, 0.05) is 19.1 Å². The van der Waals surface area contributed by atoms with Crippen LogP contribution in [0.25, 0.3) is 0 Å². The molecule has 0 radical (unpaired) electrons. The quantitative estimate of drug-likeness (QED) is 0.922. The van der Waals surface area contributed by atoms with Crippen molar-refractivity contribution in [3.05, 3.63) is 15.9 Å². The van der Waals surface area contributed by atoms with Crippen molar-refractivity contribution in [2.24, 2.45) is 5.41 Å². The van der Waals surface area contributed by atoms with Crippen molar-refractivity contribution in [1.29, 1.82) is 0 Å². The molecule has 1 atom stereocenters. The van der Waals surface area contributed by atoms with Crippen LogP contribution in [0.3, 0.4) is 0 Å². The summed E-state index contributed by atoms with van der Waals surface area (Å²) in [6, 6.07) is 0.667. The number of hydrogen-bond donors (Lipinski definition) is 1. The first kappa shape index (κ1) is 12.1. The van der Waals surface area contributed by atoms with Gasteiger partial charge >= 0.3 is 0 Å². The Hall–Kier alpha value is -0.350. The molecule has 1 aliphatic carbocycles. The van der Waals surface area contributed by atoms with Crippen molar-refractivity contribution >= 4 is 15.9 Å². The molecule has 2 rings (SSSR count). The molecule has 1 aromatic rings. The number of aryl methyl sites for hydroxylation is 2. The van der Waals surface area contributed by atoms with Crippen LogP contribution in [0, 0.1) is 12.3 Å². The highest BCUT2D eigenvalue weighted by Gasteiger charge is 2.45. The molecule has 0 spiro atoms. The summed E-state index contributed by atoms with van der Waals surface area (Å²) in [6.45, 7) is 10.6. The summed E-state index contributed by atoms with van der Waals surface area (Å²) in [5.74, 6) is 0. The summed E-state index contributed by atoms with van der Waals surface area (Å²) in [7, 11) is 0. The Morgan fingerprint density at radius 3 is 2.69 bits per heavy atom. The molecular formula is C12H20BrN3. The lowest BCUT2D eigenvalue weighted by atomic mass is 10.2. The third kappa shape index (κ3) is 2.18. The van der Waals surface area contributed by atoms with E-state index in [0.717, 1.165) is 23.3 Å². The number of nitrogens with one attached hydrogen (secondary N) is 1. The molecule has 16 heavy (non-hydrogen) atoms. The van der Waals surface area contributed by atoms with E-state index in [0.29, 0.717) is 11.5 Å². The van der Waals surface area contributed by atoms with Crippen LogP contribution in [-0.2, 0) is 13.1 Å². The number of halogens is 1. The highest BCUT2D eigenvalue weighted by Crippen LogP contribution is 2.44. The second-order valence-electron chi connectivity index (χ2n) is 5.29. The Morgan fingerprint density at radius 1 is 1.56 bits per heavy atom. The van der Waals surface area contributed by atoms with E-state index in [4.69, 9.17) is 0 Å². The normalized spacial score (nSPS) is 22.4. The highest BCUT2D eigenvalue weighted by atomic mass is 79.9. The first-order valence-electron chi connectivity index (χ1n) is 5.91. The lowest BCUT2D eigenvalue weighted by molar-refractivity contribution is 0.519. The Kier molecular flexibility index (Phi) is 3.14. The minimum Gasteiger partial charge on any atom is -0.308 e. The number of nitrogens with zero attached hydrogens (tertiary/aromatic N) is 2. The molecule has 0 saturated heterocycles. The summed E-state index contributed by atoms with van der Waals surface area (Å²) in [6.07, 6.45) is 1.28. The van der Waals surface area contributed by atoms with Gasteiger partial charge in [0.2, 0.25) is 0 Å². The summed E-state index contributed by atoms with van der Waals surface area (Å²) >= 11 is 3.62. The number of rotatable bonds is 4. The van der Waals surface area contributed by atoms with Crippen LogP contribution < -0.4 is 5.32 Å². The van der Waals surface area contributed by atoms with Gasteiger partial charge in [0.25, 0.3) is 0 Å². The SMILES string of the molecule is CCn1nc(C)c(Br)c1CNC1CC1(C)C. The first-order valence-corrected chi connectivity index (χ1v) is 6.70. The minimum atomic E-state index is 0.485. The number of aromatic nitrogens is 2. The molecule has 0 bridgehead atoms. The third-order valence-corrected chi connectivity index (χ3v) is 4.51. The minimum absolute atomic E-state index is 0.485. The van der Waals surface area contributed by atoms with Gasteiger partial charge in [0.1, 0.15) is 0 Å². The van der Waals surface area contributed by atoms with Crippen molar-refractivity contribution in [3.8, 4) is 0 Å². The third-order valence-electron chi connectivity index (χ3n) is 3.48. The monoisotopic (exact) mass is 285 g/mol. The second kappa shape index (κ2) is 4.15. The van der Waals surface area contributed by atoms with Gasteiger partial charge in [0.15, 0.2) is 0 Å². The van der Waals surface area contributed by atoms with E-state index in [1.165, 1.54) is 12.1 Å². The Balaban J connectivity index is 2.03. The van der Waals surface area contributed by atoms with Gasteiger partial charge < -0.3 is 5.32 Å². The Bertz CT molecular complexity index is 395. The average molecular weight is 286 g/mol. The van der Waals surface area contributed by atoms with E-state index in [9.17, 15) is 0 Å². The largest absolute Gasteiger partial charge is 0.308 e. The maximum Gasteiger partial charge on any atom is 0.0739 e. The molecule has 1 fully saturated rings. The predicted molar refractivity (Wildman–Crippen MR) is 69.4 cm³/mol. The van der Waals surface area contributed by atoms with Gasteiger partial charge in [-0.25, -0.2) is 0 Å². The molecule has 1 unspecified atom stereocenters. The maximum absolute atomic E-state index is 4.49. The van der Waals surface area contributed by atoms with Crippen LogP contribution >= 0.6 is 15.9 Å². The van der Waals surface area contributed by atoms with E-state index in [1.807, 2.05) is 6.92 Å². The lowest BCUT2D eigenvalue weighted by Crippen LogP contribution is -2.22. The van der Waals surface area contributed by atoms with Gasteiger partial charge in [-0.2, -0.15) is 5.10 Å². The van der Waals surface area contributed by atoms with Gasteiger partial charge in [0.05, 0.1) is 15.9 Å². The van der Waals surface area contributed by atoms with Crippen molar-refractivity contribution < 1.29 is 0 Å². The van der Waals surface area contributed by atoms with Crippen molar-refractivity contribution in [1.82, 2.24) is 15.1 Å². The van der Waals surface area contributed by atoms with E-state index >= 15 is 0 Å². The Labute approximate surface area is 106 Å². The molecule has 1 N–H and O–H groups in total. The smallest absolute Gasteiger partial charge is 0.0739 e. The van der Waals surface area contributed by atoms with Gasteiger partial charge in [-0.1, -0.05) is 13.8 Å². The lowest BCUT2D eigenvalue weighted by Gasteiger charge is -2.08. The van der Waals surface area contributed by atoms with E-state index in [-0.39, 0.29) is 0 Å². The molecule has 90 valence electrons. The zero-order chi connectivity index (χ0) is 11.9. The predicted octanol–water partition coefficient (Wildman–Crippen LogP) is 2.86. The topological polar surface area (TPSA) is 29.9 Å². The van der Waals surface area contributed by atoms with Gasteiger partial charge in [-0.15, -0.1) is 0 Å². The fourth-order valence-electron chi connectivity index (χ4n) is 2.07. The van der Waals surface area contributed by atoms with E-state index in [1.54, 1.807) is 0 Å².